The molecule has 0 radical (unpaired) electrons. The van der Waals surface area contributed by atoms with Gasteiger partial charge in [-0.3, -0.25) is 0 Å². The smallest absolute Gasteiger partial charge is 0.205 e. The summed E-state index contributed by atoms with van der Waals surface area (Å²) in [5, 5.41) is 10.6. The molecule has 2 aromatic heterocycles. The molecule has 22 heavy (non-hydrogen) atoms. The molecule has 2 aromatic rings. The number of hydrogen-bond donors (Lipinski definition) is 0. The first-order valence-electron chi connectivity index (χ1n) is 7.50. The minimum atomic E-state index is 0.897. The summed E-state index contributed by atoms with van der Waals surface area (Å²) in [6, 6.07) is 4.10. The third-order valence-corrected chi connectivity index (χ3v) is 5.15. The van der Waals surface area contributed by atoms with Crippen LogP contribution >= 0.6 is 23.3 Å². The molecule has 0 N–H and O–H groups in total. The highest BCUT2D eigenvalue weighted by atomic mass is 32.2. The van der Waals surface area contributed by atoms with Gasteiger partial charge >= 0.3 is 0 Å². The standard InChI is InChI=1S/C14H20N6S2/c1-3-11-15-14(22-18-11)20-8-4-7-19(9-10-20)12-5-6-13(21-2)17-16-12/h5-6H,3-4,7-10H2,1-2H3. The van der Waals surface area contributed by atoms with Crippen LogP contribution in [0, 0.1) is 0 Å². The van der Waals surface area contributed by atoms with Gasteiger partial charge < -0.3 is 9.80 Å². The van der Waals surface area contributed by atoms with Crippen molar-refractivity contribution >= 4 is 34.2 Å². The molecule has 0 spiro atoms. The minimum Gasteiger partial charge on any atom is -0.353 e. The Hall–Kier alpha value is -1.41. The van der Waals surface area contributed by atoms with Crippen molar-refractivity contribution in [2.24, 2.45) is 0 Å². The second-order valence-corrected chi connectivity index (χ2v) is 6.67. The van der Waals surface area contributed by atoms with Gasteiger partial charge in [0, 0.05) is 44.1 Å². The number of nitrogens with zero attached hydrogens (tertiary/aromatic N) is 6. The Kier molecular flexibility index (Phi) is 5.09. The Balaban J connectivity index is 1.66. The summed E-state index contributed by atoms with van der Waals surface area (Å²) in [5.74, 6) is 1.91. The maximum Gasteiger partial charge on any atom is 0.205 e. The van der Waals surface area contributed by atoms with Crippen molar-refractivity contribution in [3.8, 4) is 0 Å². The topological polar surface area (TPSA) is 58.0 Å². The lowest BCUT2D eigenvalue weighted by Crippen LogP contribution is -2.31. The SMILES string of the molecule is CCc1nsc(N2CCCN(c3ccc(SC)nn3)CC2)n1. The van der Waals surface area contributed by atoms with Crippen LogP contribution in [0.4, 0.5) is 10.9 Å². The molecule has 0 amide bonds. The summed E-state index contributed by atoms with van der Waals surface area (Å²) in [5.41, 5.74) is 0. The zero-order valence-electron chi connectivity index (χ0n) is 12.9. The number of thioether (sulfide) groups is 1. The second kappa shape index (κ2) is 7.23. The molecular formula is C14H20N6S2. The van der Waals surface area contributed by atoms with Gasteiger partial charge in [0.1, 0.15) is 10.9 Å². The lowest BCUT2D eigenvalue weighted by molar-refractivity contribution is 0.776. The molecule has 1 aliphatic heterocycles. The largest absolute Gasteiger partial charge is 0.353 e. The van der Waals surface area contributed by atoms with Crippen LogP contribution < -0.4 is 9.80 Å². The van der Waals surface area contributed by atoms with Crippen LogP contribution in [0.3, 0.4) is 0 Å². The van der Waals surface area contributed by atoms with E-state index in [-0.39, 0.29) is 0 Å². The van der Waals surface area contributed by atoms with E-state index < -0.39 is 0 Å². The van der Waals surface area contributed by atoms with Crippen LogP contribution in [0.25, 0.3) is 0 Å². The Morgan fingerprint density at radius 3 is 2.64 bits per heavy atom. The Morgan fingerprint density at radius 2 is 1.95 bits per heavy atom. The Labute approximate surface area is 139 Å². The Bertz CT molecular complexity index is 600. The quantitative estimate of drug-likeness (QED) is 0.794. The van der Waals surface area contributed by atoms with E-state index in [0.29, 0.717) is 0 Å². The van der Waals surface area contributed by atoms with Gasteiger partial charge in [0.2, 0.25) is 5.13 Å². The number of anilines is 2. The van der Waals surface area contributed by atoms with Crippen LogP contribution in [-0.2, 0) is 6.42 Å². The fraction of sp³-hybridized carbons (Fsp3) is 0.571. The first-order valence-corrected chi connectivity index (χ1v) is 9.50. The second-order valence-electron chi connectivity index (χ2n) is 5.11. The van der Waals surface area contributed by atoms with Crippen molar-refractivity contribution in [3.63, 3.8) is 0 Å². The predicted molar refractivity (Wildman–Crippen MR) is 92.1 cm³/mol. The van der Waals surface area contributed by atoms with Crippen molar-refractivity contribution < 1.29 is 0 Å². The van der Waals surface area contributed by atoms with Crippen LogP contribution in [0.15, 0.2) is 17.2 Å². The summed E-state index contributed by atoms with van der Waals surface area (Å²) in [7, 11) is 0. The minimum absolute atomic E-state index is 0.897. The van der Waals surface area contributed by atoms with E-state index in [2.05, 4.69) is 42.3 Å². The van der Waals surface area contributed by atoms with Crippen LogP contribution in [0.2, 0.25) is 0 Å². The molecule has 0 aliphatic carbocycles. The fourth-order valence-corrected chi connectivity index (χ4v) is 3.57. The molecule has 0 saturated carbocycles. The molecule has 0 bridgehead atoms. The van der Waals surface area contributed by atoms with Gasteiger partial charge in [-0.15, -0.1) is 22.0 Å². The molecule has 118 valence electrons. The molecule has 3 rings (SSSR count). The Morgan fingerprint density at radius 1 is 1.14 bits per heavy atom. The maximum absolute atomic E-state index is 4.60. The van der Waals surface area contributed by atoms with E-state index in [1.54, 1.807) is 11.8 Å². The van der Waals surface area contributed by atoms with E-state index in [1.807, 2.05) is 12.3 Å². The van der Waals surface area contributed by atoms with Crippen LogP contribution in [-0.4, -0.2) is 52.0 Å². The third kappa shape index (κ3) is 3.49. The molecule has 1 fully saturated rings. The monoisotopic (exact) mass is 336 g/mol. The number of hydrogen-bond acceptors (Lipinski definition) is 8. The van der Waals surface area contributed by atoms with Crippen molar-refractivity contribution in [3.05, 3.63) is 18.0 Å². The van der Waals surface area contributed by atoms with Gasteiger partial charge in [0.15, 0.2) is 5.82 Å². The van der Waals surface area contributed by atoms with Gasteiger partial charge in [-0.25, -0.2) is 4.98 Å². The summed E-state index contributed by atoms with van der Waals surface area (Å²) in [6.45, 7) is 6.00. The molecule has 8 heteroatoms. The number of aryl methyl sites for hydroxylation is 1. The molecule has 0 unspecified atom stereocenters. The molecule has 6 nitrogen and oxygen atoms in total. The van der Waals surface area contributed by atoms with Crippen molar-refractivity contribution in [1.29, 1.82) is 0 Å². The molecule has 0 aromatic carbocycles. The highest BCUT2D eigenvalue weighted by Gasteiger charge is 2.19. The van der Waals surface area contributed by atoms with E-state index in [9.17, 15) is 0 Å². The molecule has 3 heterocycles. The highest BCUT2D eigenvalue weighted by Crippen LogP contribution is 2.21. The van der Waals surface area contributed by atoms with Crippen molar-refractivity contribution in [1.82, 2.24) is 19.6 Å². The lowest BCUT2D eigenvalue weighted by Gasteiger charge is -2.21. The van der Waals surface area contributed by atoms with Gasteiger partial charge in [0.25, 0.3) is 0 Å². The number of aromatic nitrogens is 4. The first-order chi connectivity index (χ1) is 10.8. The van der Waals surface area contributed by atoms with E-state index in [0.717, 1.165) is 60.8 Å². The summed E-state index contributed by atoms with van der Waals surface area (Å²) in [6.07, 6.45) is 4.00. The summed E-state index contributed by atoms with van der Waals surface area (Å²) >= 11 is 3.12. The van der Waals surface area contributed by atoms with E-state index in [1.165, 1.54) is 11.5 Å². The first kappa shape index (κ1) is 15.5. The normalized spacial score (nSPS) is 15.9. The molecule has 1 aliphatic rings. The zero-order chi connectivity index (χ0) is 15.4. The average molecular weight is 336 g/mol. The predicted octanol–water partition coefficient (Wildman–Crippen LogP) is 2.33. The molecular weight excluding hydrogens is 316 g/mol. The highest BCUT2D eigenvalue weighted by molar-refractivity contribution is 7.98. The van der Waals surface area contributed by atoms with Gasteiger partial charge in [-0.2, -0.15) is 4.37 Å². The summed E-state index contributed by atoms with van der Waals surface area (Å²) in [4.78, 5) is 9.24. The van der Waals surface area contributed by atoms with Gasteiger partial charge in [-0.1, -0.05) is 6.92 Å². The van der Waals surface area contributed by atoms with Crippen molar-refractivity contribution in [2.45, 2.75) is 24.8 Å². The van der Waals surface area contributed by atoms with Crippen LogP contribution in [0.5, 0.6) is 0 Å². The van der Waals surface area contributed by atoms with Crippen molar-refractivity contribution in [2.75, 3.05) is 42.2 Å². The van der Waals surface area contributed by atoms with Gasteiger partial charge in [0.05, 0.1) is 0 Å². The fourth-order valence-electron chi connectivity index (χ4n) is 2.45. The number of rotatable bonds is 4. The zero-order valence-corrected chi connectivity index (χ0v) is 14.5. The summed E-state index contributed by atoms with van der Waals surface area (Å²) < 4.78 is 4.39. The van der Waals surface area contributed by atoms with E-state index in [4.69, 9.17) is 0 Å². The lowest BCUT2D eigenvalue weighted by atomic mass is 10.4. The van der Waals surface area contributed by atoms with Gasteiger partial charge in [-0.05, 0) is 24.8 Å². The third-order valence-electron chi connectivity index (χ3n) is 3.70. The molecule has 1 saturated heterocycles. The van der Waals surface area contributed by atoms with E-state index >= 15 is 0 Å². The molecule has 0 atom stereocenters. The average Bonchev–Trinajstić information content (AvgIpc) is 2.92. The maximum atomic E-state index is 4.60. The van der Waals surface area contributed by atoms with Crippen LogP contribution in [0.1, 0.15) is 19.2 Å².